The van der Waals surface area contributed by atoms with Crippen LogP contribution in [0.5, 0.6) is 5.88 Å². The van der Waals surface area contributed by atoms with Gasteiger partial charge >= 0.3 is 0 Å². The van der Waals surface area contributed by atoms with Gasteiger partial charge in [-0.05, 0) is 30.3 Å². The summed E-state index contributed by atoms with van der Waals surface area (Å²) < 4.78 is 10.4. The first-order valence-electron chi connectivity index (χ1n) is 7.99. The van der Waals surface area contributed by atoms with Crippen molar-refractivity contribution in [3.63, 3.8) is 0 Å². The molecule has 0 radical (unpaired) electrons. The van der Waals surface area contributed by atoms with Crippen LogP contribution in [-0.2, 0) is 9.53 Å². The number of halogens is 2. The molecule has 0 saturated heterocycles. The molecule has 0 unspecified atom stereocenters. The third kappa shape index (κ3) is 6.09. The largest absolute Gasteiger partial charge is 0.475 e. The van der Waals surface area contributed by atoms with E-state index < -0.39 is 0 Å². The molecule has 0 spiro atoms. The molecule has 1 heterocycles. The van der Waals surface area contributed by atoms with Crippen LogP contribution in [0.3, 0.4) is 0 Å². The first-order valence-corrected chi connectivity index (χ1v) is 8.75. The molecule has 1 aromatic carbocycles. The van der Waals surface area contributed by atoms with Crippen molar-refractivity contribution in [2.45, 2.75) is 0 Å². The second-order valence-corrected chi connectivity index (χ2v) is 6.35. The van der Waals surface area contributed by atoms with E-state index in [-0.39, 0.29) is 36.4 Å². The van der Waals surface area contributed by atoms with E-state index in [1.165, 1.54) is 24.2 Å². The zero-order chi connectivity index (χ0) is 19.8. The molecule has 0 atom stereocenters. The number of anilines is 1. The van der Waals surface area contributed by atoms with Gasteiger partial charge in [-0.15, -0.1) is 0 Å². The lowest BCUT2D eigenvalue weighted by molar-refractivity contribution is -0.116. The summed E-state index contributed by atoms with van der Waals surface area (Å²) in [4.78, 5) is 30.2. The fraction of sp³-hybridized carbons (Fsp3) is 0.278. The van der Waals surface area contributed by atoms with Crippen molar-refractivity contribution in [1.82, 2.24) is 9.88 Å². The standard InChI is InChI=1S/C18H19Cl2N3O4/c1-23(11-16(24)22-12-5-6-14(19)15(20)10-12)18(25)13-4-3-7-21-17(13)27-9-8-26-2/h3-7,10H,8-9,11H2,1-2H3,(H,22,24). The van der Waals surface area contributed by atoms with Crippen molar-refractivity contribution < 1.29 is 19.1 Å². The fourth-order valence-corrected chi connectivity index (χ4v) is 2.46. The van der Waals surface area contributed by atoms with Crippen LogP contribution in [0, 0.1) is 0 Å². The summed E-state index contributed by atoms with van der Waals surface area (Å²) in [5.41, 5.74) is 0.749. The number of carbonyl (C=O) groups is 2. The number of methoxy groups -OCH3 is 1. The molecule has 9 heteroatoms. The number of hydrogen-bond donors (Lipinski definition) is 1. The van der Waals surface area contributed by atoms with Crippen LogP contribution in [0.1, 0.15) is 10.4 Å². The quantitative estimate of drug-likeness (QED) is 0.674. The van der Waals surface area contributed by atoms with Gasteiger partial charge in [0.15, 0.2) is 0 Å². The number of aromatic nitrogens is 1. The second-order valence-electron chi connectivity index (χ2n) is 5.54. The van der Waals surface area contributed by atoms with Crippen LogP contribution < -0.4 is 10.1 Å². The van der Waals surface area contributed by atoms with E-state index in [4.69, 9.17) is 32.7 Å². The Labute approximate surface area is 167 Å². The van der Waals surface area contributed by atoms with Gasteiger partial charge in [-0.1, -0.05) is 23.2 Å². The average Bonchev–Trinajstić information content (AvgIpc) is 2.64. The van der Waals surface area contributed by atoms with E-state index in [1.54, 1.807) is 31.4 Å². The number of benzene rings is 1. The summed E-state index contributed by atoms with van der Waals surface area (Å²) in [6.07, 6.45) is 1.52. The fourth-order valence-electron chi connectivity index (χ4n) is 2.16. The van der Waals surface area contributed by atoms with Crippen LogP contribution in [0.15, 0.2) is 36.5 Å². The third-order valence-corrected chi connectivity index (χ3v) is 4.20. The maximum atomic E-state index is 12.6. The SMILES string of the molecule is COCCOc1ncccc1C(=O)N(C)CC(=O)Nc1ccc(Cl)c(Cl)c1. The van der Waals surface area contributed by atoms with E-state index in [0.29, 0.717) is 22.3 Å². The number of likely N-dealkylation sites (N-methyl/N-ethyl adjacent to an activating group) is 1. The molecule has 2 amide bonds. The van der Waals surface area contributed by atoms with Gasteiger partial charge in [0.05, 0.1) is 23.2 Å². The minimum Gasteiger partial charge on any atom is -0.475 e. The Morgan fingerprint density at radius 1 is 1.19 bits per heavy atom. The van der Waals surface area contributed by atoms with Crippen LogP contribution in [0.2, 0.25) is 10.0 Å². The highest BCUT2D eigenvalue weighted by atomic mass is 35.5. The Kier molecular flexibility index (Phi) is 7.84. The van der Waals surface area contributed by atoms with Gasteiger partial charge in [-0.2, -0.15) is 0 Å². The zero-order valence-electron chi connectivity index (χ0n) is 14.9. The van der Waals surface area contributed by atoms with Crippen molar-refractivity contribution in [2.24, 2.45) is 0 Å². The Morgan fingerprint density at radius 3 is 2.67 bits per heavy atom. The first-order chi connectivity index (χ1) is 12.9. The van der Waals surface area contributed by atoms with Gasteiger partial charge < -0.3 is 19.7 Å². The van der Waals surface area contributed by atoms with Gasteiger partial charge in [-0.25, -0.2) is 4.98 Å². The molecule has 0 bridgehead atoms. The number of rotatable bonds is 8. The minimum atomic E-state index is -0.389. The molecular formula is C18H19Cl2N3O4. The van der Waals surface area contributed by atoms with Gasteiger partial charge in [0.25, 0.3) is 5.91 Å². The second kappa shape index (κ2) is 10.1. The summed E-state index contributed by atoms with van der Waals surface area (Å²) in [6.45, 7) is 0.465. The number of pyridine rings is 1. The molecular weight excluding hydrogens is 393 g/mol. The van der Waals surface area contributed by atoms with Gasteiger partial charge in [0, 0.05) is 26.0 Å². The lowest BCUT2D eigenvalue weighted by Crippen LogP contribution is -2.35. The summed E-state index contributed by atoms with van der Waals surface area (Å²) in [7, 11) is 3.07. The maximum Gasteiger partial charge on any atom is 0.259 e. The predicted molar refractivity (Wildman–Crippen MR) is 104 cm³/mol. The van der Waals surface area contributed by atoms with E-state index in [2.05, 4.69) is 10.3 Å². The Bertz CT molecular complexity index is 817. The highest BCUT2D eigenvalue weighted by Crippen LogP contribution is 2.25. The lowest BCUT2D eigenvalue weighted by atomic mass is 10.2. The third-order valence-electron chi connectivity index (χ3n) is 3.46. The highest BCUT2D eigenvalue weighted by Gasteiger charge is 2.20. The highest BCUT2D eigenvalue weighted by molar-refractivity contribution is 6.42. The van der Waals surface area contributed by atoms with Crippen molar-refractivity contribution >= 4 is 40.7 Å². The number of nitrogens with zero attached hydrogens (tertiary/aromatic N) is 2. The van der Waals surface area contributed by atoms with Gasteiger partial charge in [0.2, 0.25) is 11.8 Å². The molecule has 0 aliphatic rings. The van der Waals surface area contributed by atoms with Gasteiger partial charge in [0.1, 0.15) is 12.2 Å². The lowest BCUT2D eigenvalue weighted by Gasteiger charge is -2.18. The van der Waals surface area contributed by atoms with E-state index in [1.807, 2.05) is 0 Å². The van der Waals surface area contributed by atoms with Crippen LogP contribution in [0.25, 0.3) is 0 Å². The molecule has 1 N–H and O–H groups in total. The molecule has 0 aliphatic carbocycles. The van der Waals surface area contributed by atoms with Crippen LogP contribution in [-0.4, -0.2) is 55.6 Å². The Balaban J connectivity index is 2.00. The summed E-state index contributed by atoms with van der Waals surface area (Å²) in [6, 6.07) is 7.95. The van der Waals surface area contributed by atoms with Crippen molar-refractivity contribution in [2.75, 3.05) is 39.2 Å². The topological polar surface area (TPSA) is 80.8 Å². The number of carbonyl (C=O) groups excluding carboxylic acids is 2. The smallest absolute Gasteiger partial charge is 0.259 e. The molecule has 2 rings (SSSR count). The Morgan fingerprint density at radius 2 is 1.96 bits per heavy atom. The van der Waals surface area contributed by atoms with Gasteiger partial charge in [-0.3, -0.25) is 9.59 Å². The van der Waals surface area contributed by atoms with E-state index >= 15 is 0 Å². The van der Waals surface area contributed by atoms with Crippen LogP contribution in [0.4, 0.5) is 5.69 Å². The minimum absolute atomic E-state index is 0.161. The summed E-state index contributed by atoms with van der Waals surface area (Å²) in [5, 5.41) is 3.38. The summed E-state index contributed by atoms with van der Waals surface area (Å²) in [5.74, 6) is -0.578. The first kappa shape index (κ1) is 21.0. The summed E-state index contributed by atoms with van der Waals surface area (Å²) >= 11 is 11.8. The average molecular weight is 412 g/mol. The number of hydrogen-bond acceptors (Lipinski definition) is 5. The molecule has 0 saturated carbocycles. The molecule has 0 fully saturated rings. The molecule has 27 heavy (non-hydrogen) atoms. The van der Waals surface area contributed by atoms with Crippen molar-refractivity contribution in [1.29, 1.82) is 0 Å². The van der Waals surface area contributed by atoms with Crippen LogP contribution >= 0.6 is 23.2 Å². The van der Waals surface area contributed by atoms with Crippen molar-refractivity contribution in [3.8, 4) is 5.88 Å². The Hall–Kier alpha value is -2.35. The number of amides is 2. The molecule has 2 aromatic rings. The van der Waals surface area contributed by atoms with E-state index in [9.17, 15) is 9.59 Å². The monoisotopic (exact) mass is 411 g/mol. The predicted octanol–water partition coefficient (Wildman–Crippen LogP) is 3.12. The molecule has 1 aromatic heterocycles. The number of nitrogens with one attached hydrogen (secondary N) is 1. The van der Waals surface area contributed by atoms with E-state index in [0.717, 1.165) is 0 Å². The van der Waals surface area contributed by atoms with Crippen molar-refractivity contribution in [3.05, 3.63) is 52.1 Å². The molecule has 144 valence electrons. The molecule has 7 nitrogen and oxygen atoms in total. The number of ether oxygens (including phenoxy) is 2. The normalized spacial score (nSPS) is 10.4. The zero-order valence-corrected chi connectivity index (χ0v) is 16.4. The maximum absolute atomic E-state index is 12.6. The molecule has 0 aliphatic heterocycles.